The third kappa shape index (κ3) is 8.31. The van der Waals surface area contributed by atoms with Gasteiger partial charge in [0.25, 0.3) is 0 Å². The first-order valence-corrected chi connectivity index (χ1v) is 8.83. The van der Waals surface area contributed by atoms with Crippen LogP contribution < -0.4 is 10.6 Å². The van der Waals surface area contributed by atoms with Crippen molar-refractivity contribution in [3.63, 3.8) is 0 Å². The molecule has 132 valence electrons. The highest BCUT2D eigenvalue weighted by molar-refractivity contribution is 7.10. The number of aliphatic imine (C=N–C) groups is 1. The van der Waals surface area contributed by atoms with Gasteiger partial charge >= 0.3 is 0 Å². The van der Waals surface area contributed by atoms with Gasteiger partial charge in [-0.2, -0.15) is 0 Å². The molecule has 0 radical (unpaired) electrons. The molecular weight excluding hydrogens is 314 g/mol. The maximum Gasteiger partial charge on any atom is 0.191 e. The van der Waals surface area contributed by atoms with E-state index in [-0.39, 0.29) is 0 Å². The summed E-state index contributed by atoms with van der Waals surface area (Å²) >= 11 is 1.54. The summed E-state index contributed by atoms with van der Waals surface area (Å²) in [5.74, 6) is 0.709. The summed E-state index contributed by atoms with van der Waals surface area (Å²) in [5, 5.41) is 18.9. The van der Waals surface area contributed by atoms with E-state index in [0.717, 1.165) is 24.4 Å². The first kappa shape index (κ1) is 19.9. The first-order valence-electron chi connectivity index (χ1n) is 7.95. The lowest BCUT2D eigenvalue weighted by molar-refractivity contribution is 0.0695. The van der Waals surface area contributed by atoms with Crippen LogP contribution in [0.15, 0.2) is 22.5 Å². The second-order valence-corrected chi connectivity index (χ2v) is 6.28. The molecule has 23 heavy (non-hydrogen) atoms. The van der Waals surface area contributed by atoms with Crippen LogP contribution in [0, 0.1) is 0 Å². The van der Waals surface area contributed by atoms with Crippen molar-refractivity contribution in [2.24, 2.45) is 4.99 Å². The minimum absolute atomic E-state index is 0.313. The summed E-state index contributed by atoms with van der Waals surface area (Å²) in [4.78, 5) is 5.40. The quantitative estimate of drug-likeness (QED) is 0.323. The second kappa shape index (κ2) is 11.4. The Morgan fingerprint density at radius 1 is 1.35 bits per heavy atom. The summed E-state index contributed by atoms with van der Waals surface area (Å²) in [5.41, 5.74) is -0.945. The smallest absolute Gasteiger partial charge is 0.191 e. The predicted octanol–water partition coefficient (Wildman–Crippen LogP) is 1.56. The Morgan fingerprint density at radius 3 is 2.83 bits per heavy atom. The van der Waals surface area contributed by atoms with Crippen molar-refractivity contribution in [3.05, 3.63) is 22.4 Å². The van der Waals surface area contributed by atoms with E-state index in [1.165, 1.54) is 11.3 Å². The molecule has 0 saturated heterocycles. The van der Waals surface area contributed by atoms with E-state index < -0.39 is 5.60 Å². The number of aliphatic hydroxyl groups is 1. The first-order chi connectivity index (χ1) is 11.1. The minimum atomic E-state index is -0.945. The number of nitrogens with one attached hydrogen (secondary N) is 2. The highest BCUT2D eigenvalue weighted by atomic mass is 32.1. The molecule has 1 rings (SSSR count). The lowest BCUT2D eigenvalue weighted by Gasteiger charge is -2.20. The fraction of sp³-hybridized carbons (Fsp3) is 0.688. The van der Waals surface area contributed by atoms with Crippen LogP contribution in [0.1, 0.15) is 25.1 Å². The Labute approximate surface area is 142 Å². The van der Waals surface area contributed by atoms with Crippen LogP contribution in [0.5, 0.6) is 0 Å². The van der Waals surface area contributed by atoms with Gasteiger partial charge < -0.3 is 25.2 Å². The lowest BCUT2D eigenvalue weighted by atomic mass is 10.1. The van der Waals surface area contributed by atoms with Crippen LogP contribution in [0.2, 0.25) is 0 Å². The summed E-state index contributed by atoms with van der Waals surface area (Å²) < 4.78 is 10.3. The van der Waals surface area contributed by atoms with E-state index in [4.69, 9.17) is 9.47 Å². The highest BCUT2D eigenvalue weighted by Crippen LogP contribution is 2.25. The third-order valence-electron chi connectivity index (χ3n) is 3.13. The van der Waals surface area contributed by atoms with E-state index in [0.29, 0.717) is 32.3 Å². The number of thiophene rings is 1. The molecule has 0 bridgehead atoms. The molecule has 0 fully saturated rings. The van der Waals surface area contributed by atoms with E-state index >= 15 is 0 Å². The molecule has 0 aromatic carbocycles. The maximum absolute atomic E-state index is 10.5. The second-order valence-electron chi connectivity index (χ2n) is 5.33. The predicted molar refractivity (Wildman–Crippen MR) is 95.2 cm³/mol. The maximum atomic E-state index is 10.5. The fourth-order valence-corrected chi connectivity index (χ4v) is 2.64. The summed E-state index contributed by atoms with van der Waals surface area (Å²) in [6.45, 7) is 7.58. The van der Waals surface area contributed by atoms with Crippen LogP contribution in [-0.2, 0) is 15.1 Å². The Hall–Kier alpha value is -1.15. The monoisotopic (exact) mass is 343 g/mol. The Morgan fingerprint density at radius 2 is 2.17 bits per heavy atom. The Bertz CT molecular complexity index is 436. The molecule has 6 nitrogen and oxygen atoms in total. The summed E-state index contributed by atoms with van der Waals surface area (Å²) in [6, 6.07) is 3.86. The van der Waals surface area contributed by atoms with Crippen molar-refractivity contribution in [3.8, 4) is 0 Å². The van der Waals surface area contributed by atoms with Crippen molar-refractivity contribution in [1.82, 2.24) is 10.6 Å². The van der Waals surface area contributed by atoms with Gasteiger partial charge in [0.2, 0.25) is 0 Å². The number of guanidine groups is 1. The normalized spacial score (nSPS) is 14.5. The molecule has 0 amide bonds. The molecule has 1 aromatic heterocycles. The molecule has 0 spiro atoms. The average molecular weight is 343 g/mol. The van der Waals surface area contributed by atoms with Crippen molar-refractivity contribution >= 4 is 17.3 Å². The molecule has 1 atom stereocenters. The Kier molecular flexibility index (Phi) is 9.86. The topological polar surface area (TPSA) is 75.1 Å². The van der Waals surface area contributed by atoms with Crippen molar-refractivity contribution in [2.75, 3.05) is 46.6 Å². The van der Waals surface area contributed by atoms with Crippen LogP contribution in [0.25, 0.3) is 0 Å². The molecule has 0 saturated carbocycles. The van der Waals surface area contributed by atoms with Gasteiger partial charge in [-0.25, -0.2) is 4.99 Å². The van der Waals surface area contributed by atoms with E-state index in [1.807, 2.05) is 24.4 Å². The molecule has 1 aromatic rings. The zero-order valence-corrected chi connectivity index (χ0v) is 15.1. The molecule has 0 aliphatic carbocycles. The number of hydrogen-bond donors (Lipinski definition) is 3. The number of nitrogens with zero attached hydrogens (tertiary/aromatic N) is 1. The van der Waals surface area contributed by atoms with Gasteiger partial charge in [-0.15, -0.1) is 11.3 Å². The van der Waals surface area contributed by atoms with Crippen molar-refractivity contribution < 1.29 is 14.6 Å². The zero-order chi connectivity index (χ0) is 17.0. The summed E-state index contributed by atoms with van der Waals surface area (Å²) in [7, 11) is 1.66. The van der Waals surface area contributed by atoms with E-state index in [9.17, 15) is 5.11 Å². The van der Waals surface area contributed by atoms with E-state index in [1.54, 1.807) is 14.0 Å². The zero-order valence-electron chi connectivity index (χ0n) is 14.3. The lowest BCUT2D eigenvalue weighted by Crippen LogP contribution is -2.39. The van der Waals surface area contributed by atoms with Crippen LogP contribution in [-0.4, -0.2) is 57.6 Å². The molecule has 0 aliphatic heterocycles. The van der Waals surface area contributed by atoms with Crippen molar-refractivity contribution in [1.29, 1.82) is 0 Å². The van der Waals surface area contributed by atoms with Gasteiger partial charge in [-0.3, -0.25) is 0 Å². The Balaban J connectivity index is 2.35. The largest absolute Gasteiger partial charge is 0.383 e. The average Bonchev–Trinajstić information content (AvgIpc) is 3.07. The standard InChI is InChI=1S/C16H29N3O3S/c1-4-17-15(18-8-6-9-22-11-10-21-3)19-13-16(2,20)14-7-5-12-23-14/h5,7,12,20H,4,6,8-11,13H2,1-3H3,(H2,17,18,19). The van der Waals surface area contributed by atoms with Crippen LogP contribution in [0.3, 0.4) is 0 Å². The van der Waals surface area contributed by atoms with Gasteiger partial charge in [0.1, 0.15) is 5.60 Å². The molecule has 3 N–H and O–H groups in total. The van der Waals surface area contributed by atoms with Gasteiger partial charge in [0, 0.05) is 31.7 Å². The van der Waals surface area contributed by atoms with Gasteiger partial charge in [0.15, 0.2) is 5.96 Å². The number of hydrogen-bond acceptors (Lipinski definition) is 5. The fourth-order valence-electron chi connectivity index (χ4n) is 1.86. The molecular formula is C16H29N3O3S. The summed E-state index contributed by atoms with van der Waals surface area (Å²) in [6.07, 6.45) is 0.884. The van der Waals surface area contributed by atoms with E-state index in [2.05, 4.69) is 15.6 Å². The SMILES string of the molecule is CCNC(=NCC(C)(O)c1cccs1)NCCCOCCOC. The van der Waals surface area contributed by atoms with Gasteiger partial charge in [-0.05, 0) is 31.7 Å². The molecule has 7 heteroatoms. The van der Waals surface area contributed by atoms with Gasteiger partial charge in [0.05, 0.1) is 19.8 Å². The van der Waals surface area contributed by atoms with Crippen molar-refractivity contribution in [2.45, 2.75) is 25.9 Å². The van der Waals surface area contributed by atoms with Crippen LogP contribution >= 0.6 is 11.3 Å². The minimum Gasteiger partial charge on any atom is -0.383 e. The highest BCUT2D eigenvalue weighted by Gasteiger charge is 2.23. The molecule has 1 heterocycles. The number of ether oxygens (including phenoxy) is 2. The molecule has 1 unspecified atom stereocenters. The van der Waals surface area contributed by atoms with Gasteiger partial charge in [-0.1, -0.05) is 6.07 Å². The number of rotatable bonds is 11. The third-order valence-corrected chi connectivity index (χ3v) is 4.25. The number of methoxy groups -OCH3 is 1. The molecule has 0 aliphatic rings. The van der Waals surface area contributed by atoms with Crippen LogP contribution in [0.4, 0.5) is 0 Å².